The van der Waals surface area contributed by atoms with Crippen molar-refractivity contribution in [3.63, 3.8) is 0 Å². The Hall–Kier alpha value is -1.99. The first-order chi connectivity index (χ1) is 13.6. The first-order valence-electron chi connectivity index (χ1n) is 9.99. The van der Waals surface area contributed by atoms with Gasteiger partial charge in [0.1, 0.15) is 4.83 Å². The molecule has 1 amide bonds. The molecule has 3 aromatic rings. The molecule has 7 heteroatoms. The maximum atomic E-state index is 13.0. The molecule has 0 unspecified atom stereocenters. The van der Waals surface area contributed by atoms with Crippen LogP contribution in [0.2, 0.25) is 0 Å². The van der Waals surface area contributed by atoms with Gasteiger partial charge < -0.3 is 4.90 Å². The molecule has 0 saturated heterocycles. The average Bonchev–Trinajstić information content (AvgIpc) is 3.32. The SMILES string of the molecule is C[C@@H]1c2ccsc2CCN1C(=O)CCn1cnc2sc3c(c2c1=O)CCCC3. The van der Waals surface area contributed by atoms with E-state index in [0.717, 1.165) is 42.4 Å². The van der Waals surface area contributed by atoms with Crippen molar-refractivity contribution in [2.45, 2.75) is 58.0 Å². The second kappa shape index (κ2) is 7.12. The Kier molecular flexibility index (Phi) is 4.59. The van der Waals surface area contributed by atoms with E-state index < -0.39 is 0 Å². The van der Waals surface area contributed by atoms with Crippen molar-refractivity contribution in [2.75, 3.05) is 6.54 Å². The van der Waals surface area contributed by atoms with Crippen LogP contribution >= 0.6 is 22.7 Å². The second-order valence-corrected chi connectivity index (χ2v) is 9.78. The molecule has 0 aromatic carbocycles. The first-order valence-corrected chi connectivity index (χ1v) is 11.7. The highest BCUT2D eigenvalue weighted by Crippen LogP contribution is 2.34. The number of nitrogens with zero attached hydrogens (tertiary/aromatic N) is 3. The fourth-order valence-corrected chi connectivity index (χ4v) is 6.73. The van der Waals surface area contributed by atoms with Gasteiger partial charge in [0.05, 0.1) is 17.8 Å². The largest absolute Gasteiger partial charge is 0.335 e. The van der Waals surface area contributed by atoms with Crippen LogP contribution in [-0.4, -0.2) is 26.9 Å². The summed E-state index contributed by atoms with van der Waals surface area (Å²) in [6, 6.07) is 2.25. The Morgan fingerprint density at radius 1 is 1.25 bits per heavy atom. The van der Waals surface area contributed by atoms with Crippen molar-refractivity contribution in [1.82, 2.24) is 14.5 Å². The van der Waals surface area contributed by atoms with Crippen LogP contribution in [0.1, 0.15) is 53.1 Å². The number of carbonyl (C=O) groups excluding carboxylic acids is 1. The highest BCUT2D eigenvalue weighted by atomic mass is 32.1. The first kappa shape index (κ1) is 18.1. The molecule has 4 heterocycles. The second-order valence-electron chi connectivity index (χ2n) is 7.70. The summed E-state index contributed by atoms with van der Waals surface area (Å²) in [5.74, 6) is 0.115. The molecule has 28 heavy (non-hydrogen) atoms. The maximum absolute atomic E-state index is 13.0. The lowest BCUT2D eigenvalue weighted by Crippen LogP contribution is -2.39. The lowest BCUT2D eigenvalue weighted by molar-refractivity contribution is -0.134. The molecule has 0 spiro atoms. The summed E-state index contributed by atoms with van der Waals surface area (Å²) >= 11 is 3.44. The summed E-state index contributed by atoms with van der Waals surface area (Å²) in [5.41, 5.74) is 2.50. The summed E-state index contributed by atoms with van der Waals surface area (Å²) in [6.45, 7) is 3.25. The van der Waals surface area contributed by atoms with Crippen molar-refractivity contribution in [1.29, 1.82) is 0 Å². The van der Waals surface area contributed by atoms with Gasteiger partial charge in [-0.05, 0) is 61.6 Å². The number of carbonyl (C=O) groups is 1. The highest BCUT2D eigenvalue weighted by molar-refractivity contribution is 7.18. The molecule has 1 aliphatic heterocycles. The van der Waals surface area contributed by atoms with Crippen LogP contribution in [0.15, 0.2) is 22.6 Å². The van der Waals surface area contributed by atoms with Crippen LogP contribution < -0.4 is 5.56 Å². The third kappa shape index (κ3) is 2.92. The molecular formula is C21H23N3O2S2. The van der Waals surface area contributed by atoms with E-state index in [2.05, 4.69) is 23.4 Å². The van der Waals surface area contributed by atoms with Crippen LogP contribution in [0.25, 0.3) is 10.2 Å². The molecule has 0 bridgehead atoms. The van der Waals surface area contributed by atoms with Gasteiger partial charge in [-0.1, -0.05) is 0 Å². The lowest BCUT2D eigenvalue weighted by atomic mass is 9.97. The smallest absolute Gasteiger partial charge is 0.262 e. The number of aromatic nitrogens is 2. The number of fused-ring (bicyclic) bond motifs is 4. The molecule has 0 saturated carbocycles. The molecule has 5 nitrogen and oxygen atoms in total. The third-order valence-electron chi connectivity index (χ3n) is 6.11. The lowest BCUT2D eigenvalue weighted by Gasteiger charge is -2.33. The molecule has 0 fully saturated rings. The van der Waals surface area contributed by atoms with E-state index in [1.165, 1.54) is 27.3 Å². The van der Waals surface area contributed by atoms with Crippen LogP contribution in [0.3, 0.4) is 0 Å². The molecule has 0 N–H and O–H groups in total. The summed E-state index contributed by atoms with van der Waals surface area (Å²) in [5, 5.41) is 2.90. The predicted octanol–water partition coefficient (Wildman–Crippen LogP) is 3.93. The number of rotatable bonds is 3. The fourth-order valence-electron chi connectivity index (χ4n) is 4.55. The third-order valence-corrected chi connectivity index (χ3v) is 8.30. The number of amides is 1. The van der Waals surface area contributed by atoms with E-state index in [9.17, 15) is 9.59 Å². The monoisotopic (exact) mass is 413 g/mol. The minimum Gasteiger partial charge on any atom is -0.335 e. The van der Waals surface area contributed by atoms with Crippen molar-refractivity contribution >= 4 is 38.8 Å². The molecule has 146 valence electrons. The normalized spacial score (nSPS) is 18.9. The minimum absolute atomic E-state index is 0.0176. The van der Waals surface area contributed by atoms with Crippen LogP contribution in [0, 0.1) is 0 Å². The van der Waals surface area contributed by atoms with Gasteiger partial charge in [-0.3, -0.25) is 14.2 Å². The van der Waals surface area contributed by atoms with Crippen molar-refractivity contribution in [2.24, 2.45) is 0 Å². The van der Waals surface area contributed by atoms with E-state index in [1.54, 1.807) is 33.6 Å². The van der Waals surface area contributed by atoms with Crippen molar-refractivity contribution < 1.29 is 4.79 Å². The Bertz CT molecular complexity index is 1110. The predicted molar refractivity (Wildman–Crippen MR) is 113 cm³/mol. The zero-order chi connectivity index (χ0) is 19.3. The van der Waals surface area contributed by atoms with Crippen molar-refractivity contribution in [3.05, 3.63) is 49.0 Å². The number of thiophene rings is 2. The molecule has 1 aliphatic carbocycles. The van der Waals surface area contributed by atoms with Crippen LogP contribution in [-0.2, 0) is 30.6 Å². The topological polar surface area (TPSA) is 55.2 Å². The molecular weight excluding hydrogens is 390 g/mol. The number of aryl methyl sites for hydroxylation is 3. The van der Waals surface area contributed by atoms with E-state index >= 15 is 0 Å². The van der Waals surface area contributed by atoms with Crippen molar-refractivity contribution in [3.8, 4) is 0 Å². The average molecular weight is 414 g/mol. The standard InChI is InChI=1S/C21H23N3O2S2/c1-13-14-8-11-27-16(14)6-10-24(13)18(25)7-9-23-12-22-20-19(21(23)26)15-4-2-3-5-17(15)28-20/h8,11-13H,2-7,9-10H2,1H3/t13-/m1/s1. The quantitative estimate of drug-likeness (QED) is 0.654. The van der Waals surface area contributed by atoms with Gasteiger partial charge in [0.25, 0.3) is 5.56 Å². The van der Waals surface area contributed by atoms with Gasteiger partial charge in [0.15, 0.2) is 0 Å². The summed E-state index contributed by atoms with van der Waals surface area (Å²) in [4.78, 5) is 36.0. The van der Waals surface area contributed by atoms with E-state index in [0.29, 0.717) is 13.0 Å². The van der Waals surface area contributed by atoms with Gasteiger partial charge in [-0.15, -0.1) is 22.7 Å². The zero-order valence-electron chi connectivity index (χ0n) is 15.9. The van der Waals surface area contributed by atoms with E-state index in [1.807, 2.05) is 4.90 Å². The summed E-state index contributed by atoms with van der Waals surface area (Å²) in [7, 11) is 0. The fraction of sp³-hybridized carbons (Fsp3) is 0.476. The highest BCUT2D eigenvalue weighted by Gasteiger charge is 2.28. The van der Waals surface area contributed by atoms with Crippen LogP contribution in [0.5, 0.6) is 0 Å². The molecule has 5 rings (SSSR count). The van der Waals surface area contributed by atoms with E-state index in [4.69, 9.17) is 0 Å². The van der Waals surface area contributed by atoms with Gasteiger partial charge in [0, 0.05) is 29.3 Å². The summed E-state index contributed by atoms with van der Waals surface area (Å²) in [6.07, 6.45) is 7.26. The van der Waals surface area contributed by atoms with E-state index in [-0.39, 0.29) is 17.5 Å². The Labute approximate surface area is 171 Å². The molecule has 2 aliphatic rings. The number of hydrogen-bond donors (Lipinski definition) is 0. The Morgan fingerprint density at radius 2 is 2.11 bits per heavy atom. The van der Waals surface area contributed by atoms with Gasteiger partial charge >= 0.3 is 0 Å². The molecule has 3 aromatic heterocycles. The van der Waals surface area contributed by atoms with Gasteiger partial charge in [0.2, 0.25) is 5.91 Å². The number of hydrogen-bond acceptors (Lipinski definition) is 5. The van der Waals surface area contributed by atoms with Gasteiger partial charge in [-0.25, -0.2) is 4.98 Å². The van der Waals surface area contributed by atoms with Gasteiger partial charge in [-0.2, -0.15) is 0 Å². The maximum Gasteiger partial charge on any atom is 0.262 e. The molecule has 0 radical (unpaired) electrons. The molecule has 1 atom stereocenters. The Balaban J connectivity index is 1.36. The summed E-state index contributed by atoms with van der Waals surface area (Å²) < 4.78 is 1.63. The Morgan fingerprint density at radius 3 is 3.00 bits per heavy atom. The minimum atomic E-state index is 0.0176. The van der Waals surface area contributed by atoms with Crippen LogP contribution in [0.4, 0.5) is 0 Å². The zero-order valence-corrected chi connectivity index (χ0v) is 17.6.